The minimum absolute atomic E-state index is 0.0767. The third-order valence-corrected chi connectivity index (χ3v) is 4.28. The molecule has 0 fully saturated rings. The number of hydrogen-bond donors (Lipinski definition) is 2. The van der Waals surface area contributed by atoms with Crippen molar-refractivity contribution in [1.82, 2.24) is 4.73 Å². The van der Waals surface area contributed by atoms with Crippen LogP contribution in [0.25, 0.3) is 0 Å². The number of ether oxygens (including phenoxy) is 3. The highest BCUT2D eigenvalue weighted by Crippen LogP contribution is 2.43. The molecule has 1 unspecified atom stereocenters. The van der Waals surface area contributed by atoms with Gasteiger partial charge in [-0.3, -0.25) is 4.79 Å². The van der Waals surface area contributed by atoms with Gasteiger partial charge < -0.3 is 25.2 Å². The number of allylic oxidation sites excluding steroid dienone is 1. The molecule has 0 saturated carbocycles. The normalized spacial score (nSPS) is 17.7. The second kappa shape index (κ2) is 5.21. The lowest BCUT2D eigenvalue weighted by Crippen LogP contribution is -2.31. The van der Waals surface area contributed by atoms with Crippen molar-refractivity contribution >= 4 is 0 Å². The summed E-state index contributed by atoms with van der Waals surface area (Å²) in [5.41, 5.74) is 6.35. The van der Waals surface area contributed by atoms with Crippen LogP contribution in [-0.4, -0.2) is 16.7 Å². The Bertz CT molecular complexity index is 1030. The first-order valence-corrected chi connectivity index (χ1v) is 7.44. The van der Waals surface area contributed by atoms with E-state index in [0.717, 1.165) is 0 Å². The molecule has 1 atom stereocenters. The summed E-state index contributed by atoms with van der Waals surface area (Å²) in [7, 11) is 0. The zero-order valence-electron chi connectivity index (χ0n) is 13.1. The zero-order valence-corrected chi connectivity index (χ0v) is 13.1. The molecule has 25 heavy (non-hydrogen) atoms. The Kier molecular flexibility index (Phi) is 3.12. The number of hydrogen-bond acceptors (Lipinski definition) is 7. The lowest BCUT2D eigenvalue weighted by atomic mass is 9.84. The molecule has 0 aliphatic carbocycles. The van der Waals surface area contributed by atoms with E-state index >= 15 is 0 Å². The van der Waals surface area contributed by atoms with E-state index in [-0.39, 0.29) is 29.6 Å². The van der Waals surface area contributed by atoms with Crippen molar-refractivity contribution in [2.45, 2.75) is 12.8 Å². The summed E-state index contributed by atoms with van der Waals surface area (Å²) in [6.45, 7) is 1.66. The molecule has 2 aliphatic heterocycles. The first-order chi connectivity index (χ1) is 12.0. The summed E-state index contributed by atoms with van der Waals surface area (Å²) < 4.78 is 16.6. The van der Waals surface area contributed by atoms with Crippen LogP contribution in [0.1, 0.15) is 22.7 Å². The minimum Gasteiger partial charge on any atom is -0.454 e. The molecule has 126 valence electrons. The van der Waals surface area contributed by atoms with Gasteiger partial charge in [-0.15, -0.1) is 0 Å². The monoisotopic (exact) mass is 339 g/mol. The van der Waals surface area contributed by atoms with Crippen molar-refractivity contribution in [2.24, 2.45) is 5.73 Å². The average Bonchev–Trinajstić information content (AvgIpc) is 3.06. The van der Waals surface area contributed by atoms with E-state index in [1.807, 2.05) is 6.07 Å². The fraction of sp³-hybridized carbons (Fsp3) is 0.176. The number of fused-ring (bicyclic) bond motifs is 2. The predicted molar refractivity (Wildman–Crippen MR) is 84.5 cm³/mol. The Hall–Kier alpha value is -3.60. The second-order valence-electron chi connectivity index (χ2n) is 5.72. The molecule has 8 nitrogen and oxygen atoms in total. The molecule has 0 saturated heterocycles. The third-order valence-electron chi connectivity index (χ3n) is 4.28. The van der Waals surface area contributed by atoms with Crippen LogP contribution < -0.4 is 25.5 Å². The number of benzene rings is 1. The average molecular weight is 339 g/mol. The highest BCUT2D eigenvalue weighted by atomic mass is 16.7. The quantitative estimate of drug-likeness (QED) is 0.752. The van der Waals surface area contributed by atoms with Gasteiger partial charge in [-0.2, -0.15) is 9.99 Å². The number of rotatable bonds is 1. The highest BCUT2D eigenvalue weighted by molar-refractivity contribution is 5.57. The molecule has 3 N–H and O–H groups in total. The van der Waals surface area contributed by atoms with E-state index < -0.39 is 11.5 Å². The number of aromatic nitrogens is 1. The first-order valence-electron chi connectivity index (χ1n) is 7.44. The molecule has 0 spiro atoms. The van der Waals surface area contributed by atoms with Crippen molar-refractivity contribution in [1.29, 1.82) is 5.26 Å². The Morgan fingerprint density at radius 3 is 2.80 bits per heavy atom. The van der Waals surface area contributed by atoms with Gasteiger partial charge in [-0.1, -0.05) is 6.07 Å². The topological polar surface area (TPSA) is 120 Å². The van der Waals surface area contributed by atoms with E-state index in [1.165, 1.54) is 6.07 Å². The van der Waals surface area contributed by atoms with Crippen LogP contribution in [-0.2, 0) is 0 Å². The number of nitrogens with two attached hydrogens (primary N) is 1. The van der Waals surface area contributed by atoms with Crippen LogP contribution in [0.4, 0.5) is 0 Å². The fourth-order valence-corrected chi connectivity index (χ4v) is 3.06. The minimum atomic E-state index is -0.783. The number of nitriles is 1. The van der Waals surface area contributed by atoms with Gasteiger partial charge in [0.15, 0.2) is 11.5 Å². The summed E-state index contributed by atoms with van der Waals surface area (Å²) in [5, 5.41) is 19.5. The molecular formula is C17H13N3O5. The van der Waals surface area contributed by atoms with Gasteiger partial charge in [-0.25, -0.2) is 0 Å². The summed E-state index contributed by atoms with van der Waals surface area (Å²) >= 11 is 0. The first kappa shape index (κ1) is 15.0. The molecule has 0 bridgehead atoms. The van der Waals surface area contributed by atoms with Crippen LogP contribution in [0.15, 0.2) is 40.5 Å². The van der Waals surface area contributed by atoms with E-state index in [0.29, 0.717) is 27.5 Å². The lowest BCUT2D eigenvalue weighted by Gasteiger charge is -2.26. The van der Waals surface area contributed by atoms with Gasteiger partial charge in [0, 0.05) is 6.07 Å². The smallest absolute Gasteiger partial charge is 0.291 e. The fourth-order valence-electron chi connectivity index (χ4n) is 3.06. The van der Waals surface area contributed by atoms with Crippen molar-refractivity contribution in [2.75, 3.05) is 6.79 Å². The van der Waals surface area contributed by atoms with E-state index in [1.54, 1.807) is 25.1 Å². The second-order valence-corrected chi connectivity index (χ2v) is 5.72. The Morgan fingerprint density at radius 1 is 1.28 bits per heavy atom. The van der Waals surface area contributed by atoms with Crippen molar-refractivity contribution in [3.05, 3.63) is 62.9 Å². The third kappa shape index (κ3) is 2.10. The van der Waals surface area contributed by atoms with Crippen LogP contribution in [0.3, 0.4) is 0 Å². The molecule has 1 aromatic carbocycles. The summed E-state index contributed by atoms with van der Waals surface area (Å²) in [6, 6.07) is 8.61. The standard InChI is InChI=1S/C17H13N3O5/c1-8-4-13-15(17(21)20(8)22)14(10(6-18)16(19)25-13)9-2-3-11-12(5-9)24-7-23-11/h2-5,14,22H,7,19H2,1H3. The Balaban J connectivity index is 1.99. The maximum atomic E-state index is 12.6. The van der Waals surface area contributed by atoms with Crippen LogP contribution in [0, 0.1) is 18.3 Å². The molecular weight excluding hydrogens is 326 g/mol. The molecule has 2 aliphatic rings. The van der Waals surface area contributed by atoms with E-state index in [9.17, 15) is 15.3 Å². The van der Waals surface area contributed by atoms with E-state index in [2.05, 4.69) is 0 Å². The van der Waals surface area contributed by atoms with Gasteiger partial charge in [0.25, 0.3) is 5.56 Å². The highest BCUT2D eigenvalue weighted by Gasteiger charge is 2.35. The van der Waals surface area contributed by atoms with Crippen LogP contribution >= 0.6 is 0 Å². The van der Waals surface area contributed by atoms with Gasteiger partial charge in [0.2, 0.25) is 12.7 Å². The Labute approximate surface area is 141 Å². The van der Waals surface area contributed by atoms with E-state index in [4.69, 9.17) is 19.9 Å². The SMILES string of the molecule is Cc1cc2c(c(=O)n1O)C(c1ccc3c(c1)OCO3)C(C#N)=C(N)O2. The molecule has 2 aromatic rings. The number of nitrogens with zero attached hydrogens (tertiary/aromatic N) is 2. The largest absolute Gasteiger partial charge is 0.454 e. The van der Waals surface area contributed by atoms with Crippen LogP contribution in [0.5, 0.6) is 17.2 Å². The molecule has 3 heterocycles. The van der Waals surface area contributed by atoms with Crippen molar-refractivity contribution in [3.63, 3.8) is 0 Å². The lowest BCUT2D eigenvalue weighted by molar-refractivity contribution is 0.165. The maximum Gasteiger partial charge on any atom is 0.291 e. The van der Waals surface area contributed by atoms with Gasteiger partial charge >= 0.3 is 0 Å². The van der Waals surface area contributed by atoms with Crippen molar-refractivity contribution in [3.8, 4) is 23.3 Å². The van der Waals surface area contributed by atoms with Gasteiger partial charge in [-0.05, 0) is 24.6 Å². The zero-order chi connectivity index (χ0) is 17.7. The molecule has 4 rings (SSSR count). The summed E-state index contributed by atoms with van der Waals surface area (Å²) in [5.74, 6) is 0.446. The Morgan fingerprint density at radius 2 is 2.04 bits per heavy atom. The van der Waals surface area contributed by atoms with Crippen molar-refractivity contribution < 1.29 is 19.4 Å². The number of pyridine rings is 1. The van der Waals surface area contributed by atoms with Crippen LogP contribution in [0.2, 0.25) is 0 Å². The number of aryl methyl sites for hydroxylation is 1. The van der Waals surface area contributed by atoms with Gasteiger partial charge in [0.1, 0.15) is 17.4 Å². The molecule has 1 aromatic heterocycles. The summed E-state index contributed by atoms with van der Waals surface area (Å²) in [4.78, 5) is 12.6. The maximum absolute atomic E-state index is 12.6. The molecule has 0 radical (unpaired) electrons. The van der Waals surface area contributed by atoms with Gasteiger partial charge in [0.05, 0.1) is 17.2 Å². The molecule has 0 amide bonds. The predicted octanol–water partition coefficient (Wildman–Crippen LogP) is 1.34. The summed E-state index contributed by atoms with van der Waals surface area (Å²) in [6.07, 6.45) is 0. The molecule has 8 heteroatoms.